The molecule has 27 heavy (non-hydrogen) atoms. The third kappa shape index (κ3) is 4.45. The van der Waals surface area contributed by atoms with Crippen LogP contribution in [0.4, 0.5) is 0 Å². The topological polar surface area (TPSA) is 105 Å². The molecule has 0 aliphatic heterocycles. The average Bonchev–Trinajstić information content (AvgIpc) is 3.08. The summed E-state index contributed by atoms with van der Waals surface area (Å²) in [6.07, 6.45) is 3.06. The van der Waals surface area contributed by atoms with Gasteiger partial charge in [0.15, 0.2) is 5.76 Å². The van der Waals surface area contributed by atoms with Crippen LogP contribution in [0.2, 0.25) is 5.02 Å². The predicted octanol–water partition coefficient (Wildman–Crippen LogP) is 4.00. The van der Waals surface area contributed by atoms with Crippen LogP contribution in [0.1, 0.15) is 39.4 Å². The van der Waals surface area contributed by atoms with Crippen molar-refractivity contribution in [2.24, 2.45) is 0 Å². The van der Waals surface area contributed by atoms with Crippen molar-refractivity contribution >= 4 is 35.9 Å². The van der Waals surface area contributed by atoms with E-state index < -0.39 is 12.0 Å². The highest BCUT2D eigenvalue weighted by Crippen LogP contribution is 2.28. The molecule has 0 fully saturated rings. The molecule has 0 radical (unpaired) electrons. The maximum absolute atomic E-state index is 12.3. The van der Waals surface area contributed by atoms with Gasteiger partial charge >= 0.3 is 5.97 Å². The van der Waals surface area contributed by atoms with Crippen molar-refractivity contribution in [1.82, 2.24) is 15.5 Å². The Hall–Kier alpha value is -2.90. The largest absolute Gasteiger partial charge is 0.477 e. The quantitative estimate of drug-likeness (QED) is 0.661. The normalized spacial score (nSPS) is 11.3. The first-order valence-electron chi connectivity index (χ1n) is 7.67. The van der Waals surface area contributed by atoms with Crippen molar-refractivity contribution in [3.63, 3.8) is 0 Å². The minimum absolute atomic E-state index is 0. The number of hydrogen-bond acceptors (Lipinski definition) is 5. The number of aromatic nitrogens is 2. The Morgan fingerprint density at radius 3 is 2.52 bits per heavy atom. The number of halogens is 2. The van der Waals surface area contributed by atoms with Crippen LogP contribution in [-0.2, 0) is 0 Å². The van der Waals surface area contributed by atoms with Gasteiger partial charge in [0.25, 0.3) is 5.91 Å². The van der Waals surface area contributed by atoms with Crippen LogP contribution in [0.3, 0.4) is 0 Å². The summed E-state index contributed by atoms with van der Waals surface area (Å²) >= 11 is 5.81. The number of nitrogens with zero attached hydrogens (tertiary/aromatic N) is 2. The first kappa shape index (κ1) is 20.4. The zero-order valence-corrected chi connectivity index (χ0v) is 15.6. The molecule has 3 rings (SSSR count). The number of carbonyl (C=O) groups excluding carboxylic acids is 1. The molecule has 7 nitrogen and oxygen atoms in total. The van der Waals surface area contributed by atoms with Gasteiger partial charge in [-0.15, -0.1) is 12.4 Å². The average molecular weight is 408 g/mol. The van der Waals surface area contributed by atoms with E-state index in [1.165, 1.54) is 6.20 Å². The van der Waals surface area contributed by atoms with Crippen LogP contribution in [0.25, 0.3) is 11.3 Å². The maximum atomic E-state index is 12.3. The van der Waals surface area contributed by atoms with Gasteiger partial charge < -0.3 is 14.9 Å². The summed E-state index contributed by atoms with van der Waals surface area (Å²) in [5.74, 6) is -1.53. The monoisotopic (exact) mass is 407 g/mol. The van der Waals surface area contributed by atoms with Gasteiger partial charge in [-0.3, -0.25) is 9.78 Å². The minimum Gasteiger partial charge on any atom is -0.477 e. The van der Waals surface area contributed by atoms with Crippen LogP contribution in [0.15, 0.2) is 53.3 Å². The van der Waals surface area contributed by atoms with Crippen molar-refractivity contribution < 1.29 is 19.2 Å². The number of nitrogens with one attached hydrogen (secondary N) is 1. The number of carbonyl (C=O) groups is 2. The summed E-state index contributed by atoms with van der Waals surface area (Å²) < 4.78 is 5.23. The number of pyridine rings is 1. The number of benzene rings is 1. The molecule has 0 unspecified atom stereocenters. The second-order valence-corrected chi connectivity index (χ2v) is 5.96. The fourth-order valence-electron chi connectivity index (χ4n) is 2.45. The maximum Gasteiger partial charge on any atom is 0.341 e. The van der Waals surface area contributed by atoms with Crippen LogP contribution >= 0.6 is 24.0 Å². The molecule has 1 amide bonds. The molecule has 9 heteroatoms. The Kier molecular flexibility index (Phi) is 6.55. The molecular weight excluding hydrogens is 393 g/mol. The second kappa shape index (κ2) is 8.66. The Morgan fingerprint density at radius 1 is 1.22 bits per heavy atom. The van der Waals surface area contributed by atoms with E-state index in [1.807, 2.05) is 0 Å². The van der Waals surface area contributed by atoms with E-state index in [1.54, 1.807) is 49.5 Å². The Bertz CT molecular complexity index is 943. The summed E-state index contributed by atoms with van der Waals surface area (Å²) in [6, 6.07) is 8.98. The van der Waals surface area contributed by atoms with Crippen LogP contribution in [0.5, 0.6) is 0 Å². The molecule has 1 aromatic carbocycles. The van der Waals surface area contributed by atoms with Crippen molar-refractivity contribution in [3.8, 4) is 11.3 Å². The van der Waals surface area contributed by atoms with Gasteiger partial charge in [0, 0.05) is 28.5 Å². The van der Waals surface area contributed by atoms with Gasteiger partial charge in [-0.1, -0.05) is 16.8 Å². The Morgan fingerprint density at radius 2 is 1.93 bits per heavy atom. The summed E-state index contributed by atoms with van der Waals surface area (Å²) in [6.45, 7) is 1.62. The number of amides is 1. The van der Waals surface area contributed by atoms with Gasteiger partial charge in [0.1, 0.15) is 11.3 Å². The zero-order valence-electron chi connectivity index (χ0n) is 14.0. The van der Waals surface area contributed by atoms with E-state index in [0.29, 0.717) is 16.1 Å². The molecule has 2 N–H and O–H groups in total. The Labute approximate surface area is 165 Å². The molecule has 0 spiro atoms. The molecule has 3 aromatic rings. The molecule has 0 saturated heterocycles. The Balaban J connectivity index is 0.00000261. The van der Waals surface area contributed by atoms with E-state index in [2.05, 4.69) is 15.5 Å². The van der Waals surface area contributed by atoms with Crippen LogP contribution in [0, 0.1) is 0 Å². The molecule has 0 saturated carbocycles. The molecule has 140 valence electrons. The number of aromatic carboxylic acids is 1. The third-order valence-corrected chi connectivity index (χ3v) is 3.97. The van der Waals surface area contributed by atoms with Crippen molar-refractivity contribution in [1.29, 1.82) is 0 Å². The molecule has 1 atom stereocenters. The second-order valence-electron chi connectivity index (χ2n) is 5.52. The standard InChI is InChI=1S/C18H14ClN3O4.ClH/c1-10(21-17(23)11-4-6-13(19)7-5-11)16-14(18(24)25)15(22-26-16)12-3-2-8-20-9-12;/h2-10H,1H3,(H,21,23)(H,24,25);1H/t10-;/m1./s1. The first-order valence-corrected chi connectivity index (χ1v) is 8.05. The van der Waals surface area contributed by atoms with Gasteiger partial charge in [0.2, 0.25) is 0 Å². The highest BCUT2D eigenvalue weighted by molar-refractivity contribution is 6.30. The highest BCUT2D eigenvalue weighted by Gasteiger charge is 2.28. The lowest BCUT2D eigenvalue weighted by atomic mass is 10.0. The third-order valence-electron chi connectivity index (χ3n) is 3.71. The van der Waals surface area contributed by atoms with Crippen LogP contribution in [-0.4, -0.2) is 27.1 Å². The van der Waals surface area contributed by atoms with Gasteiger partial charge in [-0.05, 0) is 43.3 Å². The zero-order chi connectivity index (χ0) is 18.7. The predicted molar refractivity (Wildman–Crippen MR) is 101 cm³/mol. The summed E-state index contributed by atoms with van der Waals surface area (Å²) in [4.78, 5) is 28.0. The van der Waals surface area contributed by atoms with E-state index in [9.17, 15) is 14.7 Å². The van der Waals surface area contributed by atoms with E-state index in [4.69, 9.17) is 16.1 Å². The summed E-state index contributed by atoms with van der Waals surface area (Å²) in [5.41, 5.74) is 0.955. The lowest BCUT2D eigenvalue weighted by Gasteiger charge is -2.12. The molecule has 2 aromatic heterocycles. The van der Waals surface area contributed by atoms with Crippen molar-refractivity contribution in [2.45, 2.75) is 13.0 Å². The lowest BCUT2D eigenvalue weighted by Crippen LogP contribution is -2.27. The molecular formula is C18H15Cl2N3O4. The van der Waals surface area contributed by atoms with E-state index in [0.717, 1.165) is 0 Å². The lowest BCUT2D eigenvalue weighted by molar-refractivity contribution is 0.0692. The van der Waals surface area contributed by atoms with E-state index >= 15 is 0 Å². The fourth-order valence-corrected chi connectivity index (χ4v) is 2.58. The highest BCUT2D eigenvalue weighted by atomic mass is 35.5. The summed E-state index contributed by atoms with van der Waals surface area (Å²) in [5, 5.41) is 16.6. The molecule has 0 aliphatic carbocycles. The van der Waals surface area contributed by atoms with Crippen molar-refractivity contribution in [2.75, 3.05) is 0 Å². The molecule has 0 bridgehead atoms. The van der Waals surface area contributed by atoms with Crippen molar-refractivity contribution in [3.05, 3.63) is 70.7 Å². The smallest absolute Gasteiger partial charge is 0.341 e. The number of hydrogen-bond donors (Lipinski definition) is 2. The number of carboxylic acids is 1. The number of rotatable bonds is 5. The minimum atomic E-state index is -1.20. The molecule has 0 aliphatic rings. The number of carboxylic acid groups (broad SMARTS) is 1. The van der Waals surface area contributed by atoms with Crippen LogP contribution < -0.4 is 5.32 Å². The first-order chi connectivity index (χ1) is 12.5. The van der Waals surface area contributed by atoms with Gasteiger partial charge in [-0.2, -0.15) is 0 Å². The molecule has 2 heterocycles. The van der Waals surface area contributed by atoms with E-state index in [-0.39, 0.29) is 35.3 Å². The summed E-state index contributed by atoms with van der Waals surface area (Å²) in [7, 11) is 0. The SMILES string of the molecule is C[C@@H](NC(=O)c1ccc(Cl)cc1)c1onc(-c2cccnc2)c1C(=O)O.Cl. The van der Waals surface area contributed by atoms with Gasteiger partial charge in [-0.25, -0.2) is 4.79 Å². The van der Waals surface area contributed by atoms with Gasteiger partial charge in [0.05, 0.1) is 6.04 Å². The fraction of sp³-hybridized carbons (Fsp3) is 0.111.